The van der Waals surface area contributed by atoms with Gasteiger partial charge in [0, 0.05) is 11.3 Å². The lowest BCUT2D eigenvalue weighted by Gasteiger charge is -2.01. The van der Waals surface area contributed by atoms with Crippen molar-refractivity contribution in [1.82, 2.24) is 19.6 Å². The van der Waals surface area contributed by atoms with Crippen molar-refractivity contribution >= 4 is 38.8 Å². The van der Waals surface area contributed by atoms with Gasteiger partial charge in [-0.2, -0.15) is 0 Å². The maximum atomic E-state index is 6.13. The summed E-state index contributed by atoms with van der Waals surface area (Å²) < 4.78 is 1.91. The van der Waals surface area contributed by atoms with Gasteiger partial charge < -0.3 is 0 Å². The molecule has 3 aromatic rings. The van der Waals surface area contributed by atoms with Crippen molar-refractivity contribution in [2.45, 2.75) is 19.8 Å². The highest BCUT2D eigenvalue weighted by Crippen LogP contribution is 2.31. The van der Waals surface area contributed by atoms with Crippen LogP contribution in [0, 0.1) is 0 Å². The highest BCUT2D eigenvalue weighted by Gasteiger charge is 2.14. The number of hydrogen-bond donors (Lipinski definition) is 0. The van der Waals surface area contributed by atoms with Crippen molar-refractivity contribution in [3.8, 4) is 0 Å². The average molecular weight is 253 g/mol. The third-order valence-electron chi connectivity index (χ3n) is 2.48. The van der Waals surface area contributed by atoms with E-state index in [9.17, 15) is 0 Å². The number of nitrogens with zero attached hydrogens (tertiary/aromatic N) is 4. The summed E-state index contributed by atoms with van der Waals surface area (Å²) in [6.07, 6.45) is 1.76. The lowest BCUT2D eigenvalue weighted by molar-refractivity contribution is 0.755. The number of halogens is 1. The Hall–Kier alpha value is -1.20. The number of thiophene rings is 1. The molecule has 3 aromatic heterocycles. The van der Waals surface area contributed by atoms with Gasteiger partial charge >= 0.3 is 0 Å². The van der Waals surface area contributed by atoms with Crippen molar-refractivity contribution in [2.24, 2.45) is 0 Å². The standard InChI is InChI=1S/C10H9ClN4S/c1-5(2)8-13-14-9-7-6(11)3-16-10(7)12-4-15(8)9/h3-5H,1-2H3. The van der Waals surface area contributed by atoms with Gasteiger partial charge in [-0.05, 0) is 0 Å². The number of hydrogen-bond acceptors (Lipinski definition) is 4. The first kappa shape index (κ1) is 9.99. The lowest BCUT2D eigenvalue weighted by atomic mass is 10.2. The van der Waals surface area contributed by atoms with Crippen LogP contribution in [-0.4, -0.2) is 19.6 Å². The number of aromatic nitrogens is 4. The Balaban J connectivity index is 2.48. The van der Waals surface area contributed by atoms with Crippen LogP contribution in [0.15, 0.2) is 11.7 Å². The highest BCUT2D eigenvalue weighted by atomic mass is 35.5. The van der Waals surface area contributed by atoms with E-state index in [1.807, 2.05) is 9.78 Å². The molecule has 0 saturated carbocycles. The Bertz CT molecular complexity index is 670. The fourth-order valence-corrected chi connectivity index (χ4v) is 2.84. The molecule has 0 saturated heterocycles. The third kappa shape index (κ3) is 1.25. The molecule has 0 aliphatic carbocycles. The summed E-state index contributed by atoms with van der Waals surface area (Å²) in [6.45, 7) is 4.16. The van der Waals surface area contributed by atoms with E-state index < -0.39 is 0 Å². The van der Waals surface area contributed by atoms with Gasteiger partial charge in [0.1, 0.15) is 17.0 Å². The molecular weight excluding hydrogens is 244 g/mol. The molecule has 0 atom stereocenters. The second-order valence-corrected chi connectivity index (χ2v) is 5.18. The quantitative estimate of drug-likeness (QED) is 0.668. The normalized spacial score (nSPS) is 12.0. The number of fused-ring (bicyclic) bond motifs is 3. The van der Waals surface area contributed by atoms with E-state index in [0.29, 0.717) is 10.9 Å². The minimum Gasteiger partial charge on any atom is -0.268 e. The van der Waals surface area contributed by atoms with Gasteiger partial charge in [0.05, 0.1) is 10.4 Å². The van der Waals surface area contributed by atoms with Gasteiger partial charge in [0.15, 0.2) is 5.65 Å². The maximum Gasteiger partial charge on any atom is 0.173 e. The van der Waals surface area contributed by atoms with Crippen LogP contribution in [-0.2, 0) is 0 Å². The Morgan fingerprint density at radius 3 is 2.94 bits per heavy atom. The van der Waals surface area contributed by atoms with Crippen LogP contribution in [0.2, 0.25) is 5.02 Å². The van der Waals surface area contributed by atoms with E-state index in [4.69, 9.17) is 11.6 Å². The number of rotatable bonds is 1. The van der Waals surface area contributed by atoms with Crippen LogP contribution >= 0.6 is 22.9 Å². The molecule has 0 N–H and O–H groups in total. The van der Waals surface area contributed by atoms with Crippen molar-refractivity contribution in [3.05, 3.63) is 22.6 Å². The zero-order valence-corrected chi connectivity index (χ0v) is 10.4. The summed E-state index contributed by atoms with van der Waals surface area (Å²) in [5, 5.41) is 11.9. The van der Waals surface area contributed by atoms with Gasteiger partial charge in [0.25, 0.3) is 0 Å². The van der Waals surface area contributed by atoms with E-state index in [1.165, 1.54) is 11.3 Å². The summed E-state index contributed by atoms with van der Waals surface area (Å²) in [6, 6.07) is 0. The van der Waals surface area contributed by atoms with Gasteiger partial charge in [-0.3, -0.25) is 4.40 Å². The average Bonchev–Trinajstić information content (AvgIpc) is 2.81. The van der Waals surface area contributed by atoms with Crippen LogP contribution in [0.25, 0.3) is 15.9 Å². The van der Waals surface area contributed by atoms with Crippen LogP contribution in [0.1, 0.15) is 25.6 Å². The summed E-state index contributed by atoms with van der Waals surface area (Å²) in [7, 11) is 0. The topological polar surface area (TPSA) is 43.1 Å². The molecule has 0 amide bonds. The fraction of sp³-hybridized carbons (Fsp3) is 0.300. The monoisotopic (exact) mass is 252 g/mol. The van der Waals surface area contributed by atoms with Gasteiger partial charge in [-0.25, -0.2) is 4.98 Å². The van der Waals surface area contributed by atoms with E-state index >= 15 is 0 Å². The molecule has 0 bridgehead atoms. The molecular formula is C10H9ClN4S. The smallest absolute Gasteiger partial charge is 0.173 e. The Morgan fingerprint density at radius 2 is 2.19 bits per heavy atom. The Labute approximate surface area is 101 Å². The molecule has 3 heterocycles. The summed E-state index contributed by atoms with van der Waals surface area (Å²) in [5.41, 5.74) is 0.792. The van der Waals surface area contributed by atoms with Gasteiger partial charge in [0.2, 0.25) is 0 Å². The molecule has 0 aliphatic rings. The molecule has 6 heteroatoms. The van der Waals surface area contributed by atoms with Crippen LogP contribution < -0.4 is 0 Å². The summed E-state index contributed by atoms with van der Waals surface area (Å²) >= 11 is 7.65. The zero-order chi connectivity index (χ0) is 11.3. The molecule has 0 fully saturated rings. The first-order valence-electron chi connectivity index (χ1n) is 4.95. The van der Waals surface area contributed by atoms with Gasteiger partial charge in [-0.1, -0.05) is 25.4 Å². The molecule has 0 aromatic carbocycles. The van der Waals surface area contributed by atoms with E-state index in [2.05, 4.69) is 29.0 Å². The summed E-state index contributed by atoms with van der Waals surface area (Å²) in [4.78, 5) is 5.27. The minimum absolute atomic E-state index is 0.312. The summed E-state index contributed by atoms with van der Waals surface area (Å²) in [5.74, 6) is 1.22. The van der Waals surface area contributed by atoms with Crippen molar-refractivity contribution in [3.63, 3.8) is 0 Å². The molecule has 0 unspecified atom stereocenters. The Kier molecular flexibility index (Phi) is 2.12. The first-order valence-corrected chi connectivity index (χ1v) is 6.20. The molecule has 3 rings (SSSR count). The van der Waals surface area contributed by atoms with E-state index in [-0.39, 0.29) is 0 Å². The second kappa shape index (κ2) is 3.40. The molecule has 16 heavy (non-hydrogen) atoms. The zero-order valence-electron chi connectivity index (χ0n) is 8.81. The van der Waals surface area contributed by atoms with Crippen molar-refractivity contribution in [2.75, 3.05) is 0 Å². The van der Waals surface area contributed by atoms with Crippen molar-refractivity contribution < 1.29 is 0 Å². The molecule has 0 spiro atoms. The van der Waals surface area contributed by atoms with Crippen molar-refractivity contribution in [1.29, 1.82) is 0 Å². The molecule has 0 aliphatic heterocycles. The lowest BCUT2D eigenvalue weighted by Crippen LogP contribution is -1.97. The predicted molar refractivity (Wildman–Crippen MR) is 65.3 cm³/mol. The van der Waals surface area contributed by atoms with E-state index in [1.54, 1.807) is 6.33 Å². The minimum atomic E-state index is 0.312. The maximum absolute atomic E-state index is 6.13. The van der Waals surface area contributed by atoms with Gasteiger partial charge in [-0.15, -0.1) is 21.5 Å². The predicted octanol–water partition coefficient (Wildman–Crippen LogP) is 3.12. The highest BCUT2D eigenvalue weighted by molar-refractivity contribution is 7.17. The van der Waals surface area contributed by atoms with Crippen LogP contribution in [0.3, 0.4) is 0 Å². The second-order valence-electron chi connectivity index (χ2n) is 3.91. The fourth-order valence-electron chi connectivity index (χ4n) is 1.72. The Morgan fingerprint density at radius 1 is 1.38 bits per heavy atom. The largest absolute Gasteiger partial charge is 0.268 e. The SMILES string of the molecule is CC(C)c1nnc2c3c(Cl)csc3ncn12. The van der Waals surface area contributed by atoms with Crippen LogP contribution in [0.5, 0.6) is 0 Å². The molecule has 82 valence electrons. The molecule has 4 nitrogen and oxygen atoms in total. The van der Waals surface area contributed by atoms with E-state index in [0.717, 1.165) is 21.7 Å². The van der Waals surface area contributed by atoms with Crippen LogP contribution in [0.4, 0.5) is 0 Å². The first-order chi connectivity index (χ1) is 7.68. The third-order valence-corrected chi connectivity index (χ3v) is 3.79. The molecule has 0 radical (unpaired) electrons.